The molecule has 0 aliphatic heterocycles. The molecule has 0 saturated carbocycles. The Morgan fingerprint density at radius 2 is 1.74 bits per heavy atom. The first-order chi connectivity index (χ1) is 18.4. The van der Waals surface area contributed by atoms with E-state index in [1.54, 1.807) is 47.9 Å². The van der Waals surface area contributed by atoms with Crippen molar-refractivity contribution in [3.8, 4) is 11.5 Å². The zero-order chi connectivity index (χ0) is 27.2. The van der Waals surface area contributed by atoms with Crippen molar-refractivity contribution in [2.75, 3.05) is 32.1 Å². The molecule has 0 saturated heterocycles. The second kappa shape index (κ2) is 15.6. The fraction of sp³-hybridized carbons (Fsp3) is 0.310. The molecule has 3 rings (SSSR count). The van der Waals surface area contributed by atoms with E-state index in [9.17, 15) is 19.1 Å². The van der Waals surface area contributed by atoms with E-state index in [1.165, 1.54) is 24.3 Å². The van der Waals surface area contributed by atoms with Gasteiger partial charge in [0.1, 0.15) is 23.9 Å². The first kappa shape index (κ1) is 29.0. The van der Waals surface area contributed by atoms with Crippen LogP contribution in [-0.4, -0.2) is 60.2 Å². The summed E-state index contributed by atoms with van der Waals surface area (Å²) in [5.41, 5.74) is 0.814. The third-order valence-corrected chi connectivity index (χ3v) is 6.56. The van der Waals surface area contributed by atoms with Crippen LogP contribution in [-0.2, 0) is 16.0 Å². The van der Waals surface area contributed by atoms with Gasteiger partial charge in [-0.2, -0.15) is 0 Å². The molecule has 0 aromatic heterocycles. The number of hydrogen-bond acceptors (Lipinski definition) is 6. The molecular weight excluding hydrogens is 509 g/mol. The monoisotopic (exact) mass is 541 g/mol. The second-order valence-electron chi connectivity index (χ2n) is 8.31. The SMILES string of the molecule is CCOC(Cc1ccc(OCCN(CCCSc2ccccc2)C(=O)Oc2cccc(F)c2)cc1)C(=O)O. The van der Waals surface area contributed by atoms with E-state index < -0.39 is 24.0 Å². The molecule has 7 nitrogen and oxygen atoms in total. The van der Waals surface area contributed by atoms with Gasteiger partial charge in [0.25, 0.3) is 0 Å². The van der Waals surface area contributed by atoms with Crippen molar-refractivity contribution in [1.29, 1.82) is 0 Å². The number of benzene rings is 3. The van der Waals surface area contributed by atoms with Gasteiger partial charge in [0.15, 0.2) is 6.10 Å². The number of nitrogens with zero attached hydrogens (tertiary/aromatic N) is 1. The average molecular weight is 542 g/mol. The highest BCUT2D eigenvalue weighted by Gasteiger charge is 2.18. The number of aliphatic carboxylic acids is 1. The van der Waals surface area contributed by atoms with Crippen LogP contribution in [0.5, 0.6) is 11.5 Å². The molecule has 1 N–H and O–H groups in total. The molecule has 0 heterocycles. The van der Waals surface area contributed by atoms with Crippen LogP contribution in [0.1, 0.15) is 18.9 Å². The van der Waals surface area contributed by atoms with E-state index in [0.29, 0.717) is 18.9 Å². The summed E-state index contributed by atoms with van der Waals surface area (Å²) in [5.74, 6) is 0.0650. The maximum atomic E-state index is 13.5. The van der Waals surface area contributed by atoms with Crippen LogP contribution in [0.3, 0.4) is 0 Å². The number of halogens is 1. The van der Waals surface area contributed by atoms with Crippen LogP contribution in [0.4, 0.5) is 9.18 Å². The maximum absolute atomic E-state index is 13.5. The lowest BCUT2D eigenvalue weighted by Gasteiger charge is -2.22. The highest BCUT2D eigenvalue weighted by Crippen LogP contribution is 2.19. The van der Waals surface area contributed by atoms with Crippen LogP contribution >= 0.6 is 11.8 Å². The highest BCUT2D eigenvalue weighted by molar-refractivity contribution is 7.99. The average Bonchev–Trinajstić information content (AvgIpc) is 2.91. The maximum Gasteiger partial charge on any atom is 0.415 e. The lowest BCUT2D eigenvalue weighted by molar-refractivity contribution is -0.149. The van der Waals surface area contributed by atoms with Gasteiger partial charge in [0, 0.05) is 30.5 Å². The fourth-order valence-electron chi connectivity index (χ4n) is 3.58. The van der Waals surface area contributed by atoms with Crippen LogP contribution in [0, 0.1) is 5.82 Å². The van der Waals surface area contributed by atoms with Gasteiger partial charge in [-0.15, -0.1) is 11.8 Å². The summed E-state index contributed by atoms with van der Waals surface area (Å²) in [6.07, 6.45) is -0.485. The molecule has 9 heteroatoms. The molecule has 3 aromatic rings. The van der Waals surface area contributed by atoms with E-state index in [-0.39, 0.29) is 25.3 Å². The number of amides is 1. The minimum Gasteiger partial charge on any atom is -0.492 e. The van der Waals surface area contributed by atoms with Crippen molar-refractivity contribution >= 4 is 23.8 Å². The van der Waals surface area contributed by atoms with Crippen LogP contribution in [0.2, 0.25) is 0 Å². The smallest absolute Gasteiger partial charge is 0.415 e. The molecule has 202 valence electrons. The van der Waals surface area contributed by atoms with Crippen molar-refractivity contribution < 1.29 is 33.3 Å². The summed E-state index contributed by atoms with van der Waals surface area (Å²) in [6, 6.07) is 22.6. The molecule has 0 radical (unpaired) electrons. The molecule has 38 heavy (non-hydrogen) atoms. The molecule has 0 aliphatic carbocycles. The quantitative estimate of drug-likeness (QED) is 0.189. The van der Waals surface area contributed by atoms with Crippen LogP contribution in [0.15, 0.2) is 83.8 Å². The van der Waals surface area contributed by atoms with Crippen molar-refractivity contribution in [3.05, 3.63) is 90.2 Å². The Morgan fingerprint density at radius 1 is 0.974 bits per heavy atom. The van der Waals surface area contributed by atoms with Crippen LogP contribution in [0.25, 0.3) is 0 Å². The van der Waals surface area contributed by atoms with Gasteiger partial charge < -0.3 is 24.2 Å². The molecule has 0 fully saturated rings. The van der Waals surface area contributed by atoms with E-state index >= 15 is 0 Å². The van der Waals surface area contributed by atoms with E-state index in [4.69, 9.17) is 14.2 Å². The van der Waals surface area contributed by atoms with Crippen molar-refractivity contribution in [1.82, 2.24) is 4.90 Å². The number of carboxylic acid groups (broad SMARTS) is 1. The Hall–Kier alpha value is -3.56. The Labute approximate surface area is 226 Å². The predicted octanol–water partition coefficient (Wildman–Crippen LogP) is 5.92. The largest absolute Gasteiger partial charge is 0.492 e. The van der Waals surface area contributed by atoms with E-state index in [1.807, 2.05) is 30.3 Å². The molecule has 1 unspecified atom stereocenters. The summed E-state index contributed by atoms with van der Waals surface area (Å²) < 4.78 is 30.0. The van der Waals surface area contributed by atoms with Crippen molar-refractivity contribution in [3.63, 3.8) is 0 Å². The summed E-state index contributed by atoms with van der Waals surface area (Å²) >= 11 is 1.71. The Kier molecular flexibility index (Phi) is 11.9. The zero-order valence-electron chi connectivity index (χ0n) is 21.3. The van der Waals surface area contributed by atoms with Gasteiger partial charge in [-0.25, -0.2) is 14.0 Å². The molecule has 0 spiro atoms. The third kappa shape index (κ3) is 10.1. The molecular formula is C29H32FNO6S. The number of carbonyl (C=O) groups excluding carboxylic acids is 1. The summed E-state index contributed by atoms with van der Waals surface area (Å²) in [4.78, 5) is 26.9. The summed E-state index contributed by atoms with van der Waals surface area (Å²) in [7, 11) is 0. The van der Waals surface area contributed by atoms with Gasteiger partial charge in [-0.1, -0.05) is 36.4 Å². The lowest BCUT2D eigenvalue weighted by atomic mass is 10.1. The number of ether oxygens (including phenoxy) is 3. The Bertz CT molecular complexity index is 1150. The summed E-state index contributed by atoms with van der Waals surface area (Å²) in [6.45, 7) is 3.02. The summed E-state index contributed by atoms with van der Waals surface area (Å²) in [5, 5.41) is 9.26. The third-order valence-electron chi connectivity index (χ3n) is 5.46. The predicted molar refractivity (Wildman–Crippen MR) is 144 cm³/mol. The van der Waals surface area contributed by atoms with Gasteiger partial charge in [-0.05, 0) is 61.1 Å². The number of carbonyl (C=O) groups is 2. The highest BCUT2D eigenvalue weighted by atomic mass is 32.2. The van der Waals surface area contributed by atoms with Crippen molar-refractivity contribution in [2.45, 2.75) is 30.8 Å². The zero-order valence-corrected chi connectivity index (χ0v) is 22.1. The number of hydrogen-bond donors (Lipinski definition) is 1. The van der Waals surface area contributed by atoms with Gasteiger partial charge in [0.2, 0.25) is 0 Å². The van der Waals surface area contributed by atoms with Gasteiger partial charge >= 0.3 is 12.1 Å². The van der Waals surface area contributed by atoms with Gasteiger partial charge in [0.05, 0.1) is 6.54 Å². The number of rotatable bonds is 15. The normalized spacial score (nSPS) is 11.5. The fourth-order valence-corrected chi connectivity index (χ4v) is 4.44. The molecule has 0 bridgehead atoms. The van der Waals surface area contributed by atoms with Gasteiger partial charge in [-0.3, -0.25) is 0 Å². The van der Waals surface area contributed by atoms with E-state index in [0.717, 1.165) is 22.6 Å². The van der Waals surface area contributed by atoms with E-state index in [2.05, 4.69) is 0 Å². The second-order valence-corrected chi connectivity index (χ2v) is 9.47. The van der Waals surface area contributed by atoms with Crippen molar-refractivity contribution in [2.24, 2.45) is 0 Å². The molecule has 1 amide bonds. The Balaban J connectivity index is 1.53. The van der Waals surface area contributed by atoms with Crippen LogP contribution < -0.4 is 9.47 Å². The molecule has 1 atom stereocenters. The minimum atomic E-state index is -1.00. The molecule has 3 aromatic carbocycles. The minimum absolute atomic E-state index is 0.141. The Morgan fingerprint density at radius 3 is 2.42 bits per heavy atom. The lowest BCUT2D eigenvalue weighted by Crippen LogP contribution is -2.37. The standard InChI is InChI=1S/C29H32FNO6S/c1-2-35-27(28(32)33)20-22-12-14-24(15-13-22)36-18-17-31(16-7-19-38-26-10-4-3-5-11-26)29(34)37-25-9-6-8-23(30)21-25/h3-6,8-15,21,27H,2,7,16-20H2,1H3,(H,32,33). The number of carboxylic acids is 1. The first-order valence-corrected chi connectivity index (χ1v) is 13.4. The molecule has 0 aliphatic rings. The first-order valence-electron chi connectivity index (χ1n) is 12.4. The topological polar surface area (TPSA) is 85.3 Å². The number of thioether (sulfide) groups is 1.